The van der Waals surface area contributed by atoms with Gasteiger partial charge in [-0.2, -0.15) is 0 Å². The molecule has 5 heteroatoms. The smallest absolute Gasteiger partial charge is 0.274 e. The van der Waals surface area contributed by atoms with Crippen molar-refractivity contribution >= 4 is 5.91 Å². The number of hydroxylamine groups is 1. The fraction of sp³-hybridized carbons (Fsp3) is 0.214. The highest BCUT2D eigenvalue weighted by atomic mass is 16.7. The van der Waals surface area contributed by atoms with Gasteiger partial charge in [0.25, 0.3) is 5.91 Å². The molecule has 100 valence electrons. The number of nitrogens with one attached hydrogen (secondary N) is 1. The van der Waals surface area contributed by atoms with Crippen LogP contribution in [0.4, 0.5) is 0 Å². The lowest BCUT2D eigenvalue weighted by atomic mass is 10.2. The molecule has 2 aromatic rings. The van der Waals surface area contributed by atoms with E-state index in [1.54, 1.807) is 19.2 Å². The third-order valence-corrected chi connectivity index (χ3v) is 2.59. The fourth-order valence-electron chi connectivity index (χ4n) is 1.59. The number of methoxy groups -OCH3 is 1. The van der Waals surface area contributed by atoms with Crippen LogP contribution in [0.3, 0.4) is 0 Å². The number of ether oxygens (including phenoxy) is 1. The number of amides is 1. The molecular formula is C14H16N2O3. The minimum atomic E-state index is -0.268. The number of aromatic nitrogens is 1. The van der Waals surface area contributed by atoms with Gasteiger partial charge in [-0.05, 0) is 36.4 Å². The summed E-state index contributed by atoms with van der Waals surface area (Å²) in [6, 6.07) is 11.2. The maximum atomic E-state index is 11.7. The van der Waals surface area contributed by atoms with Gasteiger partial charge in [0.05, 0.1) is 13.2 Å². The molecule has 19 heavy (non-hydrogen) atoms. The van der Waals surface area contributed by atoms with E-state index in [-0.39, 0.29) is 5.91 Å². The van der Waals surface area contributed by atoms with Crippen molar-refractivity contribution in [2.75, 3.05) is 20.3 Å². The zero-order chi connectivity index (χ0) is 13.5. The number of hydrogen-bond acceptors (Lipinski definition) is 3. The first-order valence-electron chi connectivity index (χ1n) is 5.96. The Balaban J connectivity index is 1.93. The molecule has 1 aromatic carbocycles. The molecule has 0 aliphatic carbocycles. The van der Waals surface area contributed by atoms with Gasteiger partial charge in [-0.25, -0.2) is 5.48 Å². The molecule has 1 aromatic heterocycles. The van der Waals surface area contributed by atoms with Crippen molar-refractivity contribution in [3.63, 3.8) is 0 Å². The summed E-state index contributed by atoms with van der Waals surface area (Å²) in [5.74, 6) is -0.268. The third-order valence-electron chi connectivity index (χ3n) is 2.59. The molecule has 1 amide bonds. The van der Waals surface area contributed by atoms with E-state index in [0.29, 0.717) is 18.8 Å². The normalized spacial score (nSPS) is 10.4. The zero-order valence-corrected chi connectivity index (χ0v) is 10.7. The zero-order valence-electron chi connectivity index (χ0n) is 10.7. The summed E-state index contributed by atoms with van der Waals surface area (Å²) in [5.41, 5.74) is 3.91. The van der Waals surface area contributed by atoms with Gasteiger partial charge in [-0.1, -0.05) is 0 Å². The molecule has 5 nitrogen and oxygen atoms in total. The second-order valence-corrected chi connectivity index (χ2v) is 3.91. The molecule has 0 saturated heterocycles. The van der Waals surface area contributed by atoms with Crippen molar-refractivity contribution in [1.82, 2.24) is 10.0 Å². The minimum absolute atomic E-state index is 0.268. The summed E-state index contributed by atoms with van der Waals surface area (Å²) in [6.45, 7) is 0.760. The Labute approximate surface area is 111 Å². The highest BCUT2D eigenvalue weighted by Crippen LogP contribution is 2.09. The van der Waals surface area contributed by atoms with Crippen LogP contribution in [0.2, 0.25) is 0 Å². The van der Waals surface area contributed by atoms with E-state index >= 15 is 0 Å². The Hall–Kier alpha value is -2.11. The van der Waals surface area contributed by atoms with E-state index < -0.39 is 0 Å². The van der Waals surface area contributed by atoms with Crippen LogP contribution in [-0.2, 0) is 9.57 Å². The minimum Gasteiger partial charge on any atom is -0.382 e. The Morgan fingerprint density at radius 2 is 1.84 bits per heavy atom. The highest BCUT2D eigenvalue weighted by molar-refractivity contribution is 5.93. The predicted octanol–water partition coefficient (Wildman–Crippen LogP) is 1.79. The number of nitrogens with zero attached hydrogens (tertiary/aromatic N) is 1. The maximum absolute atomic E-state index is 11.7. The van der Waals surface area contributed by atoms with Crippen LogP contribution in [0.1, 0.15) is 10.4 Å². The van der Waals surface area contributed by atoms with Gasteiger partial charge in [-0.3, -0.25) is 9.63 Å². The second-order valence-electron chi connectivity index (χ2n) is 3.91. The molecule has 0 fully saturated rings. The average Bonchev–Trinajstić information content (AvgIpc) is 2.98. The highest BCUT2D eigenvalue weighted by Gasteiger charge is 2.05. The van der Waals surface area contributed by atoms with Crippen LogP contribution in [-0.4, -0.2) is 30.8 Å². The van der Waals surface area contributed by atoms with Gasteiger partial charge >= 0.3 is 0 Å². The molecule has 0 bridgehead atoms. The molecule has 1 N–H and O–H groups in total. The van der Waals surface area contributed by atoms with Gasteiger partial charge in [0.15, 0.2) is 0 Å². The summed E-state index contributed by atoms with van der Waals surface area (Å²) in [6.07, 6.45) is 3.89. The predicted molar refractivity (Wildman–Crippen MR) is 71.1 cm³/mol. The Bertz CT molecular complexity index is 506. The Morgan fingerprint density at radius 3 is 2.47 bits per heavy atom. The van der Waals surface area contributed by atoms with Crippen LogP contribution in [0, 0.1) is 0 Å². The number of hydrogen-bond donors (Lipinski definition) is 1. The number of carbonyl (C=O) groups excluding carboxylic acids is 1. The van der Waals surface area contributed by atoms with E-state index in [9.17, 15) is 4.79 Å². The summed E-state index contributed by atoms with van der Waals surface area (Å²) in [7, 11) is 1.57. The lowest BCUT2D eigenvalue weighted by molar-refractivity contribution is 0.00889. The Kier molecular flexibility index (Phi) is 4.72. The summed E-state index contributed by atoms with van der Waals surface area (Å²) in [5, 5.41) is 0. The molecule has 0 spiro atoms. The largest absolute Gasteiger partial charge is 0.382 e. The van der Waals surface area contributed by atoms with E-state index in [4.69, 9.17) is 9.57 Å². The van der Waals surface area contributed by atoms with Gasteiger partial charge in [0, 0.05) is 30.8 Å². The van der Waals surface area contributed by atoms with Gasteiger partial charge in [0.1, 0.15) is 0 Å². The van der Waals surface area contributed by atoms with Crippen molar-refractivity contribution < 1.29 is 14.4 Å². The first-order chi connectivity index (χ1) is 9.31. The molecular weight excluding hydrogens is 244 g/mol. The number of benzene rings is 1. The standard InChI is InChI=1S/C14H16N2O3/c1-18-10-11-19-15-14(17)12-4-6-13(7-5-12)16-8-2-3-9-16/h2-9H,10-11H2,1H3,(H,15,17). The van der Waals surface area contributed by atoms with Crippen molar-refractivity contribution in [2.45, 2.75) is 0 Å². The first kappa shape index (κ1) is 13.3. The lowest BCUT2D eigenvalue weighted by Crippen LogP contribution is -2.25. The molecule has 1 heterocycles. The van der Waals surface area contributed by atoms with Crippen LogP contribution in [0.5, 0.6) is 0 Å². The summed E-state index contributed by atoms with van der Waals surface area (Å²) >= 11 is 0. The molecule has 0 saturated carbocycles. The molecule has 2 rings (SSSR count). The van der Waals surface area contributed by atoms with Crippen molar-refractivity contribution in [3.05, 3.63) is 54.4 Å². The van der Waals surface area contributed by atoms with Crippen molar-refractivity contribution in [3.8, 4) is 5.69 Å². The van der Waals surface area contributed by atoms with E-state index in [2.05, 4.69) is 5.48 Å². The lowest BCUT2D eigenvalue weighted by Gasteiger charge is -2.07. The van der Waals surface area contributed by atoms with Gasteiger partial charge in [-0.15, -0.1) is 0 Å². The quantitative estimate of drug-likeness (QED) is 0.636. The van der Waals surface area contributed by atoms with Crippen molar-refractivity contribution in [1.29, 1.82) is 0 Å². The molecule has 0 aliphatic rings. The van der Waals surface area contributed by atoms with E-state index in [1.165, 1.54) is 0 Å². The van der Waals surface area contributed by atoms with Crippen molar-refractivity contribution in [2.24, 2.45) is 0 Å². The van der Waals surface area contributed by atoms with Crippen LogP contribution < -0.4 is 5.48 Å². The summed E-state index contributed by atoms with van der Waals surface area (Å²) < 4.78 is 6.78. The molecule has 0 atom stereocenters. The topological polar surface area (TPSA) is 52.5 Å². The second kappa shape index (κ2) is 6.72. The first-order valence-corrected chi connectivity index (χ1v) is 5.96. The molecule has 0 radical (unpaired) electrons. The van der Waals surface area contributed by atoms with Crippen LogP contribution in [0.25, 0.3) is 5.69 Å². The SMILES string of the molecule is COCCONC(=O)c1ccc(-n2cccc2)cc1. The third kappa shape index (κ3) is 3.67. The Morgan fingerprint density at radius 1 is 1.16 bits per heavy atom. The number of rotatable bonds is 6. The maximum Gasteiger partial charge on any atom is 0.274 e. The average molecular weight is 260 g/mol. The van der Waals surface area contributed by atoms with Gasteiger partial charge in [0.2, 0.25) is 0 Å². The fourth-order valence-corrected chi connectivity index (χ4v) is 1.59. The molecule has 0 aliphatic heterocycles. The van der Waals surface area contributed by atoms with Crippen LogP contribution >= 0.6 is 0 Å². The van der Waals surface area contributed by atoms with E-state index in [1.807, 2.05) is 41.2 Å². The molecule has 0 unspecified atom stereocenters. The van der Waals surface area contributed by atoms with Crippen LogP contribution in [0.15, 0.2) is 48.8 Å². The van der Waals surface area contributed by atoms with E-state index in [0.717, 1.165) is 5.69 Å². The number of carbonyl (C=O) groups is 1. The monoisotopic (exact) mass is 260 g/mol. The van der Waals surface area contributed by atoms with Gasteiger partial charge < -0.3 is 9.30 Å². The summed E-state index contributed by atoms with van der Waals surface area (Å²) in [4.78, 5) is 16.7.